The molecule has 0 spiro atoms. The predicted molar refractivity (Wildman–Crippen MR) is 110 cm³/mol. The van der Waals surface area contributed by atoms with Crippen LogP contribution in [0, 0.1) is 11.7 Å². The monoisotopic (exact) mass is 448 g/mol. The Balaban J connectivity index is 1.80. The normalized spacial score (nSPS) is 18.9. The van der Waals surface area contributed by atoms with E-state index in [0.717, 1.165) is 24.7 Å². The number of ether oxygens (including phenoxy) is 1. The third-order valence-electron chi connectivity index (χ3n) is 5.43. The van der Waals surface area contributed by atoms with Crippen molar-refractivity contribution >= 4 is 38.2 Å². The van der Waals surface area contributed by atoms with Crippen LogP contribution in [-0.2, 0) is 16.4 Å². The average Bonchev–Trinajstić information content (AvgIpc) is 3.55. The molecule has 3 heterocycles. The van der Waals surface area contributed by atoms with Crippen molar-refractivity contribution < 1.29 is 17.5 Å². The van der Waals surface area contributed by atoms with Gasteiger partial charge in [-0.2, -0.15) is 4.98 Å². The Bertz CT molecular complexity index is 1250. The lowest BCUT2D eigenvalue weighted by molar-refractivity contribution is 0.265. The Kier molecular flexibility index (Phi) is 4.55. The first-order chi connectivity index (χ1) is 14.3. The number of sulfone groups is 1. The fourth-order valence-corrected chi connectivity index (χ4v) is 4.49. The Morgan fingerprint density at radius 3 is 2.60 bits per heavy atom. The van der Waals surface area contributed by atoms with E-state index in [4.69, 9.17) is 16.3 Å². The fraction of sp³-hybridized carbons (Fsp3) is 0.350. The highest BCUT2D eigenvalue weighted by Crippen LogP contribution is 2.44. The maximum atomic E-state index is 14.9. The molecule has 0 N–H and O–H groups in total. The number of rotatable bonds is 4. The zero-order chi connectivity index (χ0) is 21.0. The zero-order valence-corrected chi connectivity index (χ0v) is 17.6. The van der Waals surface area contributed by atoms with Crippen molar-refractivity contribution in [2.45, 2.75) is 30.6 Å². The fourth-order valence-electron chi connectivity index (χ4n) is 3.81. The number of benzene rings is 1. The molecule has 5 rings (SSSR count). The molecule has 1 atom stereocenters. The minimum atomic E-state index is -3.80. The Labute approximate surface area is 177 Å². The summed E-state index contributed by atoms with van der Waals surface area (Å²) in [5, 5.41) is -0.629. The SMILES string of the molecule is CS(=O)(=O)c1nc2c3c(nc(Cl)c(F)c3n1)OC[C@H](C1CC1)N2Cc1ccccc1. The van der Waals surface area contributed by atoms with Crippen LogP contribution in [-0.4, -0.2) is 42.3 Å². The molecule has 156 valence electrons. The van der Waals surface area contributed by atoms with Gasteiger partial charge < -0.3 is 9.64 Å². The molecule has 1 fully saturated rings. The van der Waals surface area contributed by atoms with E-state index in [0.29, 0.717) is 24.9 Å². The molecule has 0 radical (unpaired) electrons. The second kappa shape index (κ2) is 7.02. The van der Waals surface area contributed by atoms with Crippen LogP contribution < -0.4 is 9.64 Å². The smallest absolute Gasteiger partial charge is 0.249 e. The molecule has 1 aromatic carbocycles. The molecule has 30 heavy (non-hydrogen) atoms. The van der Waals surface area contributed by atoms with Gasteiger partial charge in [0.25, 0.3) is 0 Å². The molecule has 0 unspecified atom stereocenters. The van der Waals surface area contributed by atoms with Gasteiger partial charge in [0.1, 0.15) is 23.3 Å². The van der Waals surface area contributed by atoms with Crippen LogP contribution in [0.3, 0.4) is 0 Å². The van der Waals surface area contributed by atoms with Gasteiger partial charge in [-0.1, -0.05) is 41.9 Å². The Hall–Kier alpha value is -2.52. The van der Waals surface area contributed by atoms with E-state index < -0.39 is 26.0 Å². The van der Waals surface area contributed by atoms with Gasteiger partial charge in [0.15, 0.2) is 11.0 Å². The molecule has 1 aliphatic heterocycles. The maximum absolute atomic E-state index is 14.9. The van der Waals surface area contributed by atoms with Crippen molar-refractivity contribution in [3.05, 3.63) is 46.9 Å². The highest BCUT2D eigenvalue weighted by atomic mass is 35.5. The van der Waals surface area contributed by atoms with E-state index in [2.05, 4.69) is 15.0 Å². The molecule has 0 amide bonds. The van der Waals surface area contributed by atoms with E-state index in [9.17, 15) is 12.8 Å². The number of pyridine rings is 1. The lowest BCUT2D eigenvalue weighted by Crippen LogP contribution is -2.40. The molecule has 7 nitrogen and oxygen atoms in total. The van der Waals surface area contributed by atoms with Crippen LogP contribution in [0.15, 0.2) is 35.5 Å². The summed E-state index contributed by atoms with van der Waals surface area (Å²) in [6.45, 7) is 0.774. The number of hydrogen-bond acceptors (Lipinski definition) is 7. The first-order valence-electron chi connectivity index (χ1n) is 9.53. The molecule has 1 saturated carbocycles. The molecule has 0 bridgehead atoms. The third-order valence-corrected chi connectivity index (χ3v) is 6.53. The largest absolute Gasteiger partial charge is 0.475 e. The van der Waals surface area contributed by atoms with Crippen molar-refractivity contribution in [3.8, 4) is 5.88 Å². The van der Waals surface area contributed by atoms with Crippen LogP contribution in [0.2, 0.25) is 5.15 Å². The summed E-state index contributed by atoms with van der Waals surface area (Å²) in [6, 6.07) is 9.69. The minimum absolute atomic E-state index is 0.0632. The van der Waals surface area contributed by atoms with Crippen LogP contribution in [0.1, 0.15) is 18.4 Å². The van der Waals surface area contributed by atoms with Crippen molar-refractivity contribution in [3.63, 3.8) is 0 Å². The topological polar surface area (TPSA) is 85.3 Å². The predicted octanol–water partition coefficient (Wildman–Crippen LogP) is 3.40. The summed E-state index contributed by atoms with van der Waals surface area (Å²) in [5.74, 6) is -0.100. The summed E-state index contributed by atoms with van der Waals surface area (Å²) in [7, 11) is -3.80. The van der Waals surface area contributed by atoms with Gasteiger partial charge in [-0.25, -0.2) is 22.8 Å². The highest BCUT2D eigenvalue weighted by molar-refractivity contribution is 7.90. The van der Waals surface area contributed by atoms with E-state index in [1.165, 1.54) is 0 Å². The summed E-state index contributed by atoms with van der Waals surface area (Å²) in [4.78, 5) is 14.4. The van der Waals surface area contributed by atoms with E-state index in [1.54, 1.807) is 0 Å². The Morgan fingerprint density at radius 2 is 1.93 bits per heavy atom. The zero-order valence-electron chi connectivity index (χ0n) is 16.0. The van der Waals surface area contributed by atoms with Crippen molar-refractivity contribution in [1.82, 2.24) is 15.0 Å². The summed E-state index contributed by atoms with van der Waals surface area (Å²) < 4.78 is 45.4. The number of anilines is 1. The minimum Gasteiger partial charge on any atom is -0.475 e. The van der Waals surface area contributed by atoms with Crippen LogP contribution in [0.5, 0.6) is 5.88 Å². The number of hydrogen-bond donors (Lipinski definition) is 0. The summed E-state index contributed by atoms with van der Waals surface area (Å²) in [6.07, 6.45) is 3.06. The maximum Gasteiger partial charge on any atom is 0.249 e. The number of aromatic nitrogens is 3. The molecular formula is C20H18ClFN4O3S. The molecule has 3 aromatic rings. The Morgan fingerprint density at radius 1 is 1.20 bits per heavy atom. The standard InChI is InChI=1S/C20H18ClFN4O3S/c1-30(27,28)20-23-16-14-18(25-20)26(9-11-5-3-2-4-6-11)13(12-7-8-12)10-29-19(14)24-17(21)15(16)22/h2-6,12-13H,7-10H2,1H3/t13-/m1/s1. The average molecular weight is 449 g/mol. The third kappa shape index (κ3) is 3.35. The summed E-state index contributed by atoms with van der Waals surface area (Å²) >= 11 is 5.96. The van der Waals surface area contributed by atoms with E-state index in [1.807, 2.05) is 35.2 Å². The first-order valence-corrected chi connectivity index (χ1v) is 11.8. The van der Waals surface area contributed by atoms with Gasteiger partial charge in [-0.05, 0) is 24.3 Å². The molecule has 10 heteroatoms. The van der Waals surface area contributed by atoms with Crippen molar-refractivity contribution in [1.29, 1.82) is 0 Å². The van der Waals surface area contributed by atoms with Gasteiger partial charge >= 0.3 is 0 Å². The van der Waals surface area contributed by atoms with Gasteiger partial charge in [0.2, 0.25) is 20.9 Å². The second-order valence-corrected chi connectivity index (χ2v) is 9.94. The molecule has 2 aliphatic rings. The summed E-state index contributed by atoms with van der Waals surface area (Å²) in [5.41, 5.74) is 0.812. The first kappa shape index (κ1) is 19.4. The van der Waals surface area contributed by atoms with Gasteiger partial charge in [-0.3, -0.25) is 0 Å². The lowest BCUT2D eigenvalue weighted by Gasteiger charge is -2.31. The molecule has 2 aromatic heterocycles. The van der Waals surface area contributed by atoms with Gasteiger partial charge in [-0.15, -0.1) is 0 Å². The van der Waals surface area contributed by atoms with E-state index >= 15 is 0 Å². The number of nitrogens with zero attached hydrogens (tertiary/aromatic N) is 4. The van der Waals surface area contributed by atoms with Gasteiger partial charge in [0, 0.05) is 12.8 Å². The molecule has 0 saturated heterocycles. The van der Waals surface area contributed by atoms with Crippen molar-refractivity contribution in [2.24, 2.45) is 5.92 Å². The van der Waals surface area contributed by atoms with Crippen LogP contribution in [0.4, 0.5) is 10.2 Å². The molecule has 1 aliphatic carbocycles. The highest BCUT2D eigenvalue weighted by Gasteiger charge is 2.40. The van der Waals surface area contributed by atoms with Crippen molar-refractivity contribution in [2.75, 3.05) is 17.8 Å². The van der Waals surface area contributed by atoms with Crippen LogP contribution >= 0.6 is 11.6 Å². The van der Waals surface area contributed by atoms with Gasteiger partial charge in [0.05, 0.1) is 6.04 Å². The van der Waals surface area contributed by atoms with Crippen LogP contribution in [0.25, 0.3) is 10.9 Å². The lowest BCUT2D eigenvalue weighted by atomic mass is 10.1. The second-order valence-electron chi connectivity index (χ2n) is 7.68. The van der Waals surface area contributed by atoms with E-state index in [-0.39, 0.29) is 22.8 Å². The molecular weight excluding hydrogens is 431 g/mol. The number of halogens is 2. The quantitative estimate of drug-likeness (QED) is 0.446.